The van der Waals surface area contributed by atoms with Crippen LogP contribution in [0.1, 0.15) is 42.4 Å². The normalized spacial score (nSPS) is 17.1. The number of carbonyl (C=O) groups is 1. The Morgan fingerprint density at radius 1 is 1.12 bits per heavy atom. The molecule has 0 unspecified atom stereocenters. The Balaban J connectivity index is 1.43. The molecule has 1 aromatic heterocycles. The van der Waals surface area contributed by atoms with Crippen LogP contribution in [0.2, 0.25) is 0 Å². The number of hydrogen-bond donors (Lipinski definition) is 2. The van der Waals surface area contributed by atoms with Gasteiger partial charge < -0.3 is 20.4 Å². The highest BCUT2D eigenvalue weighted by Crippen LogP contribution is 2.34. The van der Waals surface area contributed by atoms with Crippen LogP contribution in [0.5, 0.6) is 0 Å². The second-order valence-electron chi connectivity index (χ2n) is 8.67. The number of benzene rings is 1. The number of nitrogens with one attached hydrogen (secondary N) is 2. The fraction of sp³-hybridized carbons (Fsp3) is 0.522. The van der Waals surface area contributed by atoms with Gasteiger partial charge in [-0.1, -0.05) is 6.07 Å². The quantitative estimate of drug-likeness (QED) is 0.605. The highest BCUT2D eigenvalue weighted by molar-refractivity contribution is 5.76. The summed E-state index contributed by atoms with van der Waals surface area (Å²) in [5, 5.41) is 5.84. The van der Waals surface area contributed by atoms with Crippen molar-refractivity contribution in [2.24, 2.45) is 0 Å². The summed E-state index contributed by atoms with van der Waals surface area (Å²) in [7, 11) is 2.07. The van der Waals surface area contributed by atoms with Crippen molar-refractivity contribution in [3.05, 3.63) is 41.1 Å². The van der Waals surface area contributed by atoms with Crippen LogP contribution in [-0.2, 0) is 23.9 Å². The Kier molecular flexibility index (Phi) is 7.02. The number of aromatic nitrogens is 2. The van der Waals surface area contributed by atoms with Gasteiger partial charge in [0.05, 0.1) is 0 Å². The van der Waals surface area contributed by atoms with Gasteiger partial charge in [-0.15, -0.1) is 0 Å². The van der Waals surface area contributed by atoms with E-state index in [-0.39, 0.29) is 24.2 Å². The third kappa shape index (κ3) is 5.93. The average Bonchev–Trinajstić information content (AvgIpc) is 2.77. The molecule has 0 atom stereocenters. The molecule has 1 saturated heterocycles. The van der Waals surface area contributed by atoms with Crippen LogP contribution in [0.4, 0.5) is 30.6 Å². The van der Waals surface area contributed by atoms with Crippen molar-refractivity contribution < 1.29 is 18.0 Å². The smallest absolute Gasteiger partial charge is 0.369 e. The first-order chi connectivity index (χ1) is 15.8. The molecule has 0 saturated carbocycles. The van der Waals surface area contributed by atoms with Gasteiger partial charge in [-0.05, 0) is 56.0 Å². The van der Waals surface area contributed by atoms with Crippen molar-refractivity contribution in [2.75, 3.05) is 43.9 Å². The van der Waals surface area contributed by atoms with Crippen molar-refractivity contribution in [3.8, 4) is 0 Å². The number of carbonyl (C=O) groups excluding carboxylic acids is 1. The van der Waals surface area contributed by atoms with Gasteiger partial charge in [0.2, 0.25) is 11.9 Å². The number of rotatable bonds is 7. The molecule has 1 fully saturated rings. The molecule has 2 N–H and O–H groups in total. The van der Waals surface area contributed by atoms with Crippen molar-refractivity contribution in [1.29, 1.82) is 0 Å². The predicted octanol–water partition coefficient (Wildman–Crippen LogP) is 4.04. The van der Waals surface area contributed by atoms with Crippen LogP contribution >= 0.6 is 0 Å². The van der Waals surface area contributed by atoms with Crippen molar-refractivity contribution in [1.82, 2.24) is 19.8 Å². The highest BCUT2D eigenvalue weighted by Gasteiger charge is 2.35. The summed E-state index contributed by atoms with van der Waals surface area (Å²) in [6.07, 6.45) is 0.113. The van der Waals surface area contributed by atoms with E-state index in [1.807, 2.05) is 18.2 Å². The molecule has 1 amide bonds. The molecule has 178 valence electrons. The number of halogens is 3. The Morgan fingerprint density at radius 3 is 2.76 bits per heavy atom. The average molecular weight is 463 g/mol. The minimum Gasteiger partial charge on any atom is -0.369 e. The molecular formula is C23H29F3N6O. The van der Waals surface area contributed by atoms with E-state index in [1.54, 1.807) is 4.90 Å². The summed E-state index contributed by atoms with van der Waals surface area (Å²) in [5.74, 6) is -0.0448. The molecule has 2 aliphatic rings. The van der Waals surface area contributed by atoms with Crippen LogP contribution in [0.25, 0.3) is 0 Å². The number of piperidine rings is 1. The zero-order valence-corrected chi connectivity index (χ0v) is 18.7. The Bertz CT molecular complexity index is 997. The van der Waals surface area contributed by atoms with Gasteiger partial charge in [0.1, 0.15) is 11.4 Å². The van der Waals surface area contributed by atoms with Crippen LogP contribution in [-0.4, -0.2) is 58.9 Å². The fourth-order valence-corrected chi connectivity index (χ4v) is 4.26. The molecule has 0 radical (unpaired) electrons. The zero-order chi connectivity index (χ0) is 23.4. The Labute approximate surface area is 191 Å². The van der Waals surface area contributed by atoms with Gasteiger partial charge in [-0.2, -0.15) is 18.2 Å². The lowest BCUT2D eigenvalue weighted by atomic mass is 9.99. The largest absolute Gasteiger partial charge is 0.421 e. The standard InChI is InChI=1S/C23H29F3N6O/c1-31-12-8-16-13-18(7-6-17(16)15-31)29-22-28-14-19(23(24,25)26)21(30-22)27-9-4-11-32-10-3-2-5-20(32)33/h6-7,13-14H,2-5,8-12,15H2,1H3,(H2,27,28,29,30). The number of hydrogen-bond acceptors (Lipinski definition) is 6. The number of fused-ring (bicyclic) bond motifs is 1. The van der Waals surface area contributed by atoms with E-state index in [0.717, 1.165) is 44.2 Å². The van der Waals surface area contributed by atoms with Crippen LogP contribution in [0, 0.1) is 0 Å². The molecule has 10 heteroatoms. The van der Waals surface area contributed by atoms with Crippen molar-refractivity contribution >= 4 is 23.4 Å². The Morgan fingerprint density at radius 2 is 1.97 bits per heavy atom. The summed E-state index contributed by atoms with van der Waals surface area (Å²) in [5.41, 5.74) is 2.30. The van der Waals surface area contributed by atoms with Crippen molar-refractivity contribution in [2.45, 2.75) is 44.8 Å². The maximum atomic E-state index is 13.5. The Hall–Kier alpha value is -2.88. The van der Waals surface area contributed by atoms with Gasteiger partial charge in [0, 0.05) is 51.0 Å². The highest BCUT2D eigenvalue weighted by atomic mass is 19.4. The van der Waals surface area contributed by atoms with Gasteiger partial charge in [-0.3, -0.25) is 4.79 Å². The maximum Gasteiger partial charge on any atom is 0.421 e. The lowest BCUT2D eigenvalue weighted by Crippen LogP contribution is -2.36. The molecule has 2 aromatic rings. The lowest BCUT2D eigenvalue weighted by Gasteiger charge is -2.26. The molecule has 33 heavy (non-hydrogen) atoms. The fourth-order valence-electron chi connectivity index (χ4n) is 4.26. The SMILES string of the molecule is CN1CCc2cc(Nc3ncc(C(F)(F)F)c(NCCCN4CCCCC4=O)n3)ccc2C1. The number of alkyl halides is 3. The molecule has 7 nitrogen and oxygen atoms in total. The second kappa shape index (κ2) is 9.94. The number of anilines is 3. The minimum absolute atomic E-state index is 0.101. The van der Waals surface area contributed by atoms with Gasteiger partial charge >= 0.3 is 6.18 Å². The summed E-state index contributed by atoms with van der Waals surface area (Å²) in [6.45, 7) is 3.35. The molecule has 0 spiro atoms. The molecular weight excluding hydrogens is 433 g/mol. The first kappa shape index (κ1) is 23.3. The van der Waals surface area contributed by atoms with Crippen LogP contribution in [0.3, 0.4) is 0 Å². The van der Waals surface area contributed by atoms with E-state index in [2.05, 4.69) is 32.5 Å². The predicted molar refractivity (Wildman–Crippen MR) is 120 cm³/mol. The molecule has 4 rings (SSSR count). The summed E-state index contributed by atoms with van der Waals surface area (Å²) in [6, 6.07) is 5.92. The molecule has 3 heterocycles. The van der Waals surface area contributed by atoms with E-state index in [4.69, 9.17) is 0 Å². The lowest BCUT2D eigenvalue weighted by molar-refractivity contribution is -0.137. The van der Waals surface area contributed by atoms with Crippen LogP contribution in [0.15, 0.2) is 24.4 Å². The monoisotopic (exact) mass is 462 g/mol. The summed E-state index contributed by atoms with van der Waals surface area (Å²) in [4.78, 5) is 23.9. The van der Waals surface area contributed by atoms with Gasteiger partial charge in [0.15, 0.2) is 0 Å². The number of likely N-dealkylation sites (N-methyl/N-ethyl adjacent to an activating group) is 1. The van der Waals surface area contributed by atoms with E-state index < -0.39 is 11.7 Å². The van der Waals surface area contributed by atoms with E-state index in [9.17, 15) is 18.0 Å². The topological polar surface area (TPSA) is 73.4 Å². The molecule has 1 aromatic carbocycles. The van der Waals surface area contributed by atoms with Crippen molar-refractivity contribution in [3.63, 3.8) is 0 Å². The third-order valence-corrected chi connectivity index (χ3v) is 6.08. The number of likely N-dealkylation sites (tertiary alicyclic amines) is 1. The van der Waals surface area contributed by atoms with Crippen LogP contribution < -0.4 is 10.6 Å². The summed E-state index contributed by atoms with van der Waals surface area (Å²) >= 11 is 0. The second-order valence-corrected chi connectivity index (χ2v) is 8.67. The maximum absolute atomic E-state index is 13.5. The van der Waals surface area contributed by atoms with E-state index in [0.29, 0.717) is 25.9 Å². The van der Waals surface area contributed by atoms with E-state index >= 15 is 0 Å². The number of amides is 1. The molecule has 0 aliphatic carbocycles. The van der Waals surface area contributed by atoms with Gasteiger partial charge in [0.25, 0.3) is 0 Å². The molecule has 0 bridgehead atoms. The molecule has 2 aliphatic heterocycles. The summed E-state index contributed by atoms with van der Waals surface area (Å²) < 4.78 is 40.4. The number of nitrogens with zero attached hydrogens (tertiary/aromatic N) is 4. The minimum atomic E-state index is -4.57. The van der Waals surface area contributed by atoms with E-state index in [1.165, 1.54) is 11.1 Å². The first-order valence-electron chi connectivity index (χ1n) is 11.3. The van der Waals surface area contributed by atoms with Gasteiger partial charge in [-0.25, -0.2) is 4.98 Å². The first-order valence-corrected chi connectivity index (χ1v) is 11.3. The zero-order valence-electron chi connectivity index (χ0n) is 18.7. The third-order valence-electron chi connectivity index (χ3n) is 6.08.